The molecular weight excluding hydrogens is 466 g/mol. The zero-order valence-electron chi connectivity index (χ0n) is 22.5. The van der Waals surface area contributed by atoms with Crippen LogP contribution in [0.3, 0.4) is 0 Å². The Morgan fingerprint density at radius 1 is 1.31 bits per heavy atom. The number of aliphatic hydroxyl groups excluding tert-OH is 1. The number of methoxy groups -OCH3 is 1. The van der Waals surface area contributed by atoms with Gasteiger partial charge < -0.3 is 14.7 Å². The maximum atomic E-state index is 13.8. The van der Waals surface area contributed by atoms with Gasteiger partial charge in [-0.25, -0.2) is 9.78 Å². The Balaban J connectivity index is 2.20. The minimum Gasteiger partial charge on any atom is -0.464 e. The molecule has 1 fully saturated rings. The molecule has 0 aliphatic carbocycles. The van der Waals surface area contributed by atoms with Crippen molar-refractivity contribution in [3.05, 3.63) is 16.1 Å². The van der Waals surface area contributed by atoms with Crippen molar-refractivity contribution in [2.24, 2.45) is 17.8 Å². The lowest BCUT2D eigenvalue weighted by Gasteiger charge is -2.37. The second-order valence-corrected chi connectivity index (χ2v) is 11.4. The Bertz CT molecular complexity index is 888. The van der Waals surface area contributed by atoms with Crippen molar-refractivity contribution >= 4 is 29.0 Å². The average Bonchev–Trinajstić information content (AvgIpc) is 3.46. The van der Waals surface area contributed by atoms with Crippen LogP contribution in [-0.4, -0.2) is 76.9 Å². The predicted octanol–water partition coefficient (Wildman–Crippen LogP) is 3.94. The zero-order valence-corrected chi connectivity index (χ0v) is 23.4. The molecule has 1 saturated heterocycles. The second kappa shape index (κ2) is 12.4. The van der Waals surface area contributed by atoms with Gasteiger partial charge in [0.25, 0.3) is 0 Å². The lowest BCUT2D eigenvalue weighted by molar-refractivity contribution is -0.143. The number of ether oxygens (including phenoxy) is 1. The number of thiazole rings is 1. The van der Waals surface area contributed by atoms with Crippen LogP contribution in [-0.2, 0) is 14.3 Å². The number of aromatic nitrogens is 1. The molecule has 35 heavy (non-hydrogen) atoms. The maximum absolute atomic E-state index is 13.8. The molecule has 8 nitrogen and oxygen atoms in total. The summed E-state index contributed by atoms with van der Waals surface area (Å²) in [7, 11) is 5.04. The fourth-order valence-corrected chi connectivity index (χ4v) is 5.74. The Morgan fingerprint density at radius 2 is 1.97 bits per heavy atom. The van der Waals surface area contributed by atoms with E-state index in [4.69, 9.17) is 4.74 Å². The van der Waals surface area contributed by atoms with Crippen molar-refractivity contribution in [3.8, 4) is 0 Å². The number of ketones is 1. The number of nitrogens with zero attached hydrogens (tertiary/aromatic N) is 3. The molecule has 0 aromatic carbocycles. The highest BCUT2D eigenvalue weighted by Gasteiger charge is 2.43. The third-order valence-electron chi connectivity index (χ3n) is 7.93. The summed E-state index contributed by atoms with van der Waals surface area (Å²) in [5.41, 5.74) is -0.349. The summed E-state index contributed by atoms with van der Waals surface area (Å²) in [5.74, 6) is -0.752. The van der Waals surface area contributed by atoms with Crippen LogP contribution in [0.1, 0.15) is 88.3 Å². The molecule has 198 valence electrons. The monoisotopic (exact) mass is 509 g/mol. The summed E-state index contributed by atoms with van der Waals surface area (Å²) in [6.07, 6.45) is 2.20. The number of hydrogen-bond donors (Lipinski definition) is 1. The molecule has 1 aromatic heterocycles. The zero-order chi connectivity index (χ0) is 26.5. The fraction of sp³-hybridized carbons (Fsp3) is 0.769. The Hall–Kier alpha value is -1.84. The number of aliphatic hydroxyl groups is 1. The van der Waals surface area contributed by atoms with Crippen molar-refractivity contribution in [2.45, 2.75) is 84.4 Å². The molecule has 0 unspecified atom stereocenters. The summed E-state index contributed by atoms with van der Waals surface area (Å²) in [6, 6.07) is -0.255. The van der Waals surface area contributed by atoms with Gasteiger partial charge in [0.1, 0.15) is 11.1 Å². The van der Waals surface area contributed by atoms with Crippen LogP contribution in [0.4, 0.5) is 0 Å². The molecule has 1 aliphatic heterocycles. The van der Waals surface area contributed by atoms with Gasteiger partial charge in [-0.15, -0.1) is 11.3 Å². The highest BCUT2D eigenvalue weighted by Crippen LogP contribution is 2.34. The highest BCUT2D eigenvalue weighted by molar-refractivity contribution is 7.09. The molecule has 9 heteroatoms. The lowest BCUT2D eigenvalue weighted by Crippen LogP contribution is -2.50. The summed E-state index contributed by atoms with van der Waals surface area (Å²) in [6.45, 7) is 11.0. The quantitative estimate of drug-likeness (QED) is 0.426. The first-order valence-corrected chi connectivity index (χ1v) is 13.5. The predicted molar refractivity (Wildman–Crippen MR) is 137 cm³/mol. The van der Waals surface area contributed by atoms with E-state index in [9.17, 15) is 19.5 Å². The van der Waals surface area contributed by atoms with Gasteiger partial charge in [-0.1, -0.05) is 34.1 Å². The lowest BCUT2D eigenvalue weighted by atomic mass is 9.80. The van der Waals surface area contributed by atoms with Gasteiger partial charge in [0.15, 0.2) is 11.5 Å². The van der Waals surface area contributed by atoms with E-state index in [1.165, 1.54) is 18.4 Å². The van der Waals surface area contributed by atoms with Gasteiger partial charge in [-0.2, -0.15) is 0 Å². The van der Waals surface area contributed by atoms with Gasteiger partial charge >= 0.3 is 5.97 Å². The van der Waals surface area contributed by atoms with E-state index in [0.29, 0.717) is 5.01 Å². The van der Waals surface area contributed by atoms with Crippen LogP contribution in [0.2, 0.25) is 0 Å². The van der Waals surface area contributed by atoms with E-state index < -0.39 is 23.5 Å². The first kappa shape index (κ1) is 29.4. The largest absolute Gasteiger partial charge is 0.464 e. The average molecular weight is 510 g/mol. The number of likely N-dealkylation sites (tertiary alicyclic amines) is 1. The third-order valence-corrected chi connectivity index (χ3v) is 8.88. The molecule has 0 spiro atoms. The summed E-state index contributed by atoms with van der Waals surface area (Å²) >= 11 is 1.20. The van der Waals surface area contributed by atoms with Crippen molar-refractivity contribution in [2.75, 3.05) is 27.7 Å². The maximum Gasteiger partial charge on any atom is 0.357 e. The number of Topliss-reactive ketones (excluding diaryl/α,β-unsaturated/α-hetero) is 1. The van der Waals surface area contributed by atoms with Gasteiger partial charge in [-0.05, 0) is 45.2 Å². The topological polar surface area (TPSA) is 100 Å². The second-order valence-electron chi connectivity index (χ2n) is 10.5. The summed E-state index contributed by atoms with van der Waals surface area (Å²) in [5, 5.41) is 12.9. The smallest absolute Gasteiger partial charge is 0.357 e. The van der Waals surface area contributed by atoms with E-state index in [0.717, 1.165) is 25.8 Å². The standard InChI is InChI=1S/C26H43N3O5S/c1-9-17(4)18(13-22(31)26(5)11-10-12-28(26)6)24(32)29(7)20(16(2)3)14-21(30)23-27-19(15-35-23)25(33)34-8/h15-18,20-21,30H,9-14H2,1-8H3/t17-,18-,20+,21-,26+/m0/s1. The molecule has 1 aromatic rings. The van der Waals surface area contributed by atoms with Crippen LogP contribution >= 0.6 is 11.3 Å². The normalized spacial score (nSPS) is 22.0. The molecule has 1 amide bonds. The van der Waals surface area contributed by atoms with E-state index in [-0.39, 0.29) is 48.1 Å². The highest BCUT2D eigenvalue weighted by atomic mass is 32.1. The minimum absolute atomic E-state index is 0.0581. The molecule has 1 aliphatic rings. The van der Waals surface area contributed by atoms with E-state index in [2.05, 4.69) is 9.88 Å². The summed E-state index contributed by atoms with van der Waals surface area (Å²) in [4.78, 5) is 46.9. The third kappa shape index (κ3) is 6.68. The Morgan fingerprint density at radius 3 is 2.49 bits per heavy atom. The van der Waals surface area contributed by atoms with Crippen LogP contribution in [0.5, 0.6) is 0 Å². The number of hydrogen-bond acceptors (Lipinski definition) is 8. The van der Waals surface area contributed by atoms with Crippen molar-refractivity contribution in [1.82, 2.24) is 14.8 Å². The number of amides is 1. The summed E-state index contributed by atoms with van der Waals surface area (Å²) < 4.78 is 4.70. The number of rotatable bonds is 12. The first-order chi connectivity index (χ1) is 16.4. The number of carbonyl (C=O) groups excluding carboxylic acids is 3. The van der Waals surface area contributed by atoms with Gasteiger partial charge in [0.05, 0.1) is 12.6 Å². The van der Waals surface area contributed by atoms with E-state index in [1.54, 1.807) is 17.3 Å². The van der Waals surface area contributed by atoms with Gasteiger partial charge in [0, 0.05) is 37.2 Å². The molecule has 2 rings (SSSR count). The van der Waals surface area contributed by atoms with E-state index in [1.807, 2.05) is 41.7 Å². The number of likely N-dealkylation sites (N-methyl/N-ethyl adjacent to an activating group) is 1. The molecule has 5 atom stereocenters. The van der Waals surface area contributed by atoms with Crippen LogP contribution < -0.4 is 0 Å². The molecular formula is C26H43N3O5S. The van der Waals surface area contributed by atoms with Crippen molar-refractivity contribution < 1.29 is 24.2 Å². The Labute approximate surface area is 214 Å². The minimum atomic E-state index is -0.921. The first-order valence-electron chi connectivity index (χ1n) is 12.6. The molecule has 0 bridgehead atoms. The number of esters is 1. The molecule has 1 N–H and O–H groups in total. The van der Waals surface area contributed by atoms with Gasteiger partial charge in [0.2, 0.25) is 5.91 Å². The Kier molecular flexibility index (Phi) is 10.4. The fourth-order valence-electron chi connectivity index (χ4n) is 4.96. The van der Waals surface area contributed by atoms with Gasteiger partial charge in [-0.3, -0.25) is 14.5 Å². The van der Waals surface area contributed by atoms with Crippen LogP contribution in [0.25, 0.3) is 0 Å². The SMILES string of the molecule is CC[C@H](C)[C@H](CC(=O)[C@@]1(C)CCCN1C)C(=O)N(C)[C@H](C[C@H](O)c1nc(C(=O)OC)cs1)C(C)C. The van der Waals surface area contributed by atoms with E-state index >= 15 is 0 Å². The molecule has 0 radical (unpaired) electrons. The molecule has 0 saturated carbocycles. The molecule has 2 heterocycles. The van der Waals surface area contributed by atoms with Crippen LogP contribution in [0, 0.1) is 17.8 Å². The van der Waals surface area contributed by atoms with Crippen LogP contribution in [0.15, 0.2) is 5.38 Å². The van der Waals surface area contributed by atoms with Crippen molar-refractivity contribution in [1.29, 1.82) is 0 Å². The van der Waals surface area contributed by atoms with Crippen molar-refractivity contribution in [3.63, 3.8) is 0 Å². The number of carbonyl (C=O) groups is 3.